The smallest absolute Gasteiger partial charge is 0.0927 e. The Hall–Kier alpha value is -2.26. The van der Waals surface area contributed by atoms with E-state index >= 15 is 0 Å². The van der Waals surface area contributed by atoms with Crippen molar-refractivity contribution in [3.63, 3.8) is 0 Å². The van der Waals surface area contributed by atoms with Crippen molar-refractivity contribution in [1.82, 2.24) is 10.2 Å². The minimum Gasteiger partial charge on any atom is -0.399 e. The van der Waals surface area contributed by atoms with E-state index in [2.05, 4.69) is 10.2 Å². The van der Waals surface area contributed by atoms with E-state index in [4.69, 9.17) is 17.3 Å². The lowest BCUT2D eigenvalue weighted by Crippen LogP contribution is -1.84. The molecule has 0 bridgehead atoms. The highest BCUT2D eigenvalue weighted by Gasteiger charge is 2.05. The molecule has 0 aliphatic carbocycles. The second-order valence-electron chi connectivity index (χ2n) is 4.30. The van der Waals surface area contributed by atoms with Crippen molar-refractivity contribution >= 4 is 17.3 Å². The summed E-state index contributed by atoms with van der Waals surface area (Å²) in [5.74, 6) is 0. The Morgan fingerprint density at radius 2 is 1.74 bits per heavy atom. The molecule has 0 saturated heterocycles. The number of nitrogens with zero attached hydrogens (tertiary/aromatic N) is 1. The quantitative estimate of drug-likeness (QED) is 0.692. The number of H-pyrrole nitrogens is 1. The summed E-state index contributed by atoms with van der Waals surface area (Å²) in [6.45, 7) is 0. The van der Waals surface area contributed by atoms with Crippen molar-refractivity contribution in [1.29, 1.82) is 0 Å². The first-order valence-electron chi connectivity index (χ1n) is 5.89. The van der Waals surface area contributed by atoms with Crippen LogP contribution in [0.2, 0.25) is 5.02 Å². The highest BCUT2D eigenvalue weighted by Crippen LogP contribution is 2.25. The van der Waals surface area contributed by atoms with E-state index in [-0.39, 0.29) is 0 Å². The average Bonchev–Trinajstić information content (AvgIpc) is 2.89. The van der Waals surface area contributed by atoms with Gasteiger partial charge in [0.25, 0.3) is 0 Å². The van der Waals surface area contributed by atoms with E-state index in [1.807, 2.05) is 54.6 Å². The standard InChI is InChI=1S/C15H12ClN3/c16-12-6-4-10(5-7-12)14-9-15(19-18-14)11-2-1-3-13(17)8-11/h1-9H,17H2,(H,18,19). The van der Waals surface area contributed by atoms with Crippen LogP contribution in [0.5, 0.6) is 0 Å². The first-order valence-corrected chi connectivity index (χ1v) is 6.27. The van der Waals surface area contributed by atoms with Crippen LogP contribution in [0.4, 0.5) is 5.69 Å². The second-order valence-corrected chi connectivity index (χ2v) is 4.74. The number of anilines is 1. The molecule has 3 rings (SSSR count). The molecule has 3 aromatic rings. The molecule has 1 aromatic heterocycles. The Bertz CT molecular complexity index is 701. The number of nitrogen functional groups attached to an aromatic ring is 1. The fourth-order valence-electron chi connectivity index (χ4n) is 1.94. The van der Waals surface area contributed by atoms with Gasteiger partial charge in [0.05, 0.1) is 11.4 Å². The van der Waals surface area contributed by atoms with Gasteiger partial charge in [0.15, 0.2) is 0 Å². The summed E-state index contributed by atoms with van der Waals surface area (Å²) in [7, 11) is 0. The molecule has 0 unspecified atom stereocenters. The summed E-state index contributed by atoms with van der Waals surface area (Å²) in [6.07, 6.45) is 0. The predicted octanol–water partition coefficient (Wildman–Crippen LogP) is 3.98. The lowest BCUT2D eigenvalue weighted by molar-refractivity contribution is 1.10. The third-order valence-corrected chi connectivity index (χ3v) is 3.17. The third kappa shape index (κ3) is 2.46. The fraction of sp³-hybridized carbons (Fsp3) is 0. The van der Waals surface area contributed by atoms with E-state index in [0.29, 0.717) is 0 Å². The van der Waals surface area contributed by atoms with Crippen LogP contribution >= 0.6 is 11.6 Å². The van der Waals surface area contributed by atoms with Crippen molar-refractivity contribution in [3.8, 4) is 22.5 Å². The molecule has 3 N–H and O–H groups in total. The molecule has 1 heterocycles. The molecule has 0 spiro atoms. The summed E-state index contributed by atoms with van der Waals surface area (Å²) >= 11 is 5.88. The molecule has 0 aliphatic rings. The molecule has 0 fully saturated rings. The van der Waals surface area contributed by atoms with Crippen molar-refractivity contribution < 1.29 is 0 Å². The summed E-state index contributed by atoms with van der Waals surface area (Å²) in [6, 6.07) is 17.3. The normalized spacial score (nSPS) is 10.6. The topological polar surface area (TPSA) is 54.7 Å². The Morgan fingerprint density at radius 3 is 2.47 bits per heavy atom. The van der Waals surface area contributed by atoms with Gasteiger partial charge in [0, 0.05) is 21.8 Å². The van der Waals surface area contributed by atoms with E-state index in [1.165, 1.54) is 0 Å². The minimum atomic E-state index is 0.718. The summed E-state index contributed by atoms with van der Waals surface area (Å²) in [5, 5.41) is 8.05. The Labute approximate surface area is 116 Å². The van der Waals surface area contributed by atoms with Gasteiger partial charge in [-0.3, -0.25) is 5.10 Å². The molecular weight excluding hydrogens is 258 g/mol. The zero-order valence-corrected chi connectivity index (χ0v) is 10.9. The van der Waals surface area contributed by atoms with Gasteiger partial charge in [-0.05, 0) is 30.3 Å². The molecule has 0 saturated carbocycles. The summed E-state index contributed by atoms with van der Waals surface area (Å²) in [5.41, 5.74) is 10.4. The van der Waals surface area contributed by atoms with Crippen LogP contribution in [-0.4, -0.2) is 10.2 Å². The van der Waals surface area contributed by atoms with Crippen LogP contribution in [0.25, 0.3) is 22.5 Å². The van der Waals surface area contributed by atoms with Crippen molar-refractivity contribution in [3.05, 3.63) is 59.6 Å². The molecular formula is C15H12ClN3. The predicted molar refractivity (Wildman–Crippen MR) is 78.9 cm³/mol. The number of aromatic nitrogens is 2. The lowest BCUT2D eigenvalue weighted by Gasteiger charge is -1.98. The van der Waals surface area contributed by atoms with Gasteiger partial charge in [-0.1, -0.05) is 35.9 Å². The van der Waals surface area contributed by atoms with Gasteiger partial charge in [0.1, 0.15) is 0 Å². The third-order valence-electron chi connectivity index (χ3n) is 2.92. The molecule has 0 atom stereocenters. The van der Waals surface area contributed by atoms with Crippen LogP contribution < -0.4 is 5.73 Å². The van der Waals surface area contributed by atoms with Gasteiger partial charge in [-0.25, -0.2) is 0 Å². The monoisotopic (exact) mass is 269 g/mol. The van der Waals surface area contributed by atoms with Gasteiger partial charge < -0.3 is 5.73 Å². The molecule has 0 aliphatic heterocycles. The maximum atomic E-state index is 5.88. The first-order chi connectivity index (χ1) is 9.22. The first kappa shape index (κ1) is 11.8. The largest absolute Gasteiger partial charge is 0.399 e. The van der Waals surface area contributed by atoms with Crippen LogP contribution in [0.1, 0.15) is 0 Å². The maximum absolute atomic E-state index is 5.88. The van der Waals surface area contributed by atoms with Crippen molar-refractivity contribution in [2.45, 2.75) is 0 Å². The van der Waals surface area contributed by atoms with Crippen molar-refractivity contribution in [2.24, 2.45) is 0 Å². The van der Waals surface area contributed by atoms with Gasteiger partial charge >= 0.3 is 0 Å². The number of rotatable bonds is 2. The zero-order chi connectivity index (χ0) is 13.2. The van der Waals surface area contributed by atoms with E-state index in [1.54, 1.807) is 0 Å². The van der Waals surface area contributed by atoms with Crippen LogP contribution in [0.3, 0.4) is 0 Å². The SMILES string of the molecule is Nc1cccc(-c2cc(-c3ccc(Cl)cc3)n[nH]2)c1. The molecule has 3 nitrogen and oxygen atoms in total. The molecule has 4 heteroatoms. The van der Waals surface area contributed by atoms with Gasteiger partial charge in [0.2, 0.25) is 0 Å². The minimum absolute atomic E-state index is 0.718. The average molecular weight is 270 g/mol. The Balaban J connectivity index is 1.97. The summed E-state index contributed by atoms with van der Waals surface area (Å²) in [4.78, 5) is 0. The van der Waals surface area contributed by atoms with E-state index < -0.39 is 0 Å². The Kier molecular flexibility index (Phi) is 2.97. The summed E-state index contributed by atoms with van der Waals surface area (Å²) < 4.78 is 0. The fourth-order valence-corrected chi connectivity index (χ4v) is 2.07. The number of benzene rings is 2. The highest BCUT2D eigenvalue weighted by molar-refractivity contribution is 6.30. The molecule has 0 radical (unpaired) electrons. The Morgan fingerprint density at radius 1 is 0.947 bits per heavy atom. The van der Waals surface area contributed by atoms with E-state index in [0.717, 1.165) is 33.2 Å². The number of hydrogen-bond acceptors (Lipinski definition) is 2. The maximum Gasteiger partial charge on any atom is 0.0927 e. The number of hydrogen-bond donors (Lipinski definition) is 2. The highest BCUT2D eigenvalue weighted by atomic mass is 35.5. The number of halogens is 1. The van der Waals surface area contributed by atoms with Crippen molar-refractivity contribution in [2.75, 3.05) is 5.73 Å². The zero-order valence-electron chi connectivity index (χ0n) is 10.1. The lowest BCUT2D eigenvalue weighted by atomic mass is 10.1. The second kappa shape index (κ2) is 4.78. The molecule has 19 heavy (non-hydrogen) atoms. The van der Waals surface area contributed by atoms with Crippen LogP contribution in [-0.2, 0) is 0 Å². The number of nitrogens with two attached hydrogens (primary N) is 1. The number of aromatic amines is 1. The number of nitrogens with one attached hydrogen (secondary N) is 1. The van der Waals surface area contributed by atoms with Crippen LogP contribution in [0, 0.1) is 0 Å². The molecule has 2 aromatic carbocycles. The van der Waals surface area contributed by atoms with Gasteiger partial charge in [-0.2, -0.15) is 5.10 Å². The van der Waals surface area contributed by atoms with E-state index in [9.17, 15) is 0 Å². The molecule has 94 valence electrons. The van der Waals surface area contributed by atoms with Crippen LogP contribution in [0.15, 0.2) is 54.6 Å². The van der Waals surface area contributed by atoms with Gasteiger partial charge in [-0.15, -0.1) is 0 Å². The molecule has 0 amide bonds.